The summed E-state index contributed by atoms with van der Waals surface area (Å²) in [7, 11) is 1.28. The number of likely N-dealkylation sites (tertiary alicyclic amines) is 2. The van der Waals surface area contributed by atoms with Gasteiger partial charge in [0.1, 0.15) is 29.2 Å². The van der Waals surface area contributed by atoms with Crippen LogP contribution in [0.4, 0.5) is 4.79 Å². The molecule has 0 spiro atoms. The maximum atomic E-state index is 13.6. The summed E-state index contributed by atoms with van der Waals surface area (Å²) in [6, 6.07) is 11.9. The first kappa shape index (κ1) is 38.3. The fraction of sp³-hybridized carbons (Fsp3) is 0.439. The van der Waals surface area contributed by atoms with E-state index in [-0.39, 0.29) is 41.6 Å². The zero-order valence-electron chi connectivity index (χ0n) is 32.6. The maximum absolute atomic E-state index is 13.6. The van der Waals surface area contributed by atoms with Crippen LogP contribution in [0, 0.1) is 11.8 Å². The number of aromatic amines is 2. The first-order valence-corrected chi connectivity index (χ1v) is 19.3. The van der Waals surface area contributed by atoms with E-state index >= 15 is 0 Å². The van der Waals surface area contributed by atoms with Gasteiger partial charge in [-0.3, -0.25) is 14.4 Å². The quantitative estimate of drug-likeness (QED) is 0.122. The third-order valence-electron chi connectivity index (χ3n) is 10.7. The topological polar surface area (TPSA) is 191 Å². The fourth-order valence-electron chi connectivity index (χ4n) is 7.73. The number of amides is 4. The van der Waals surface area contributed by atoms with Crippen LogP contribution in [0.15, 0.2) is 59.3 Å². The molecule has 4 amide bonds. The molecule has 0 aliphatic carbocycles. The summed E-state index contributed by atoms with van der Waals surface area (Å²) < 4.78 is 10.9. The molecule has 5 heterocycles. The van der Waals surface area contributed by atoms with E-state index in [0.717, 1.165) is 59.6 Å². The van der Waals surface area contributed by atoms with E-state index in [1.54, 1.807) is 17.3 Å². The molecule has 1 unspecified atom stereocenters. The lowest BCUT2D eigenvalue weighted by atomic mass is 10.0. The van der Waals surface area contributed by atoms with Crippen LogP contribution in [0.5, 0.6) is 0 Å². The Labute approximate surface area is 325 Å². The Morgan fingerprint density at radius 2 is 1.29 bits per heavy atom. The molecule has 7 rings (SSSR count). The molecule has 0 radical (unpaired) electrons. The Balaban J connectivity index is 1.04. The molecule has 15 heteroatoms. The minimum Gasteiger partial charge on any atom is -0.453 e. The van der Waals surface area contributed by atoms with Crippen LogP contribution in [0.1, 0.15) is 84.0 Å². The number of nitrogens with one attached hydrogen (secondary N) is 4. The van der Waals surface area contributed by atoms with E-state index in [2.05, 4.69) is 30.6 Å². The van der Waals surface area contributed by atoms with Crippen molar-refractivity contribution < 1.29 is 28.3 Å². The van der Waals surface area contributed by atoms with Gasteiger partial charge in [0, 0.05) is 31.1 Å². The number of carbonyl (C=O) groups excluding carboxylic acids is 4. The van der Waals surface area contributed by atoms with Crippen LogP contribution in [-0.4, -0.2) is 90.8 Å². The molecule has 2 aliphatic rings. The van der Waals surface area contributed by atoms with Gasteiger partial charge < -0.3 is 39.6 Å². The number of fused-ring (bicyclic) bond motifs is 1. The average molecular weight is 764 g/mol. The molecule has 0 saturated carbocycles. The second-order valence-electron chi connectivity index (χ2n) is 15.3. The number of ether oxygens (including phenoxy) is 1. The number of carbonyl (C=O) groups is 4. The highest BCUT2D eigenvalue weighted by atomic mass is 16.5. The van der Waals surface area contributed by atoms with E-state index in [1.165, 1.54) is 14.0 Å². The molecular formula is C41H49N9O6. The Morgan fingerprint density at radius 3 is 1.82 bits per heavy atom. The lowest BCUT2D eigenvalue weighted by Crippen LogP contribution is -2.51. The normalized spacial score (nSPS) is 18.1. The first-order valence-electron chi connectivity index (χ1n) is 19.3. The smallest absolute Gasteiger partial charge is 0.407 e. The molecule has 5 aromatic rings. The van der Waals surface area contributed by atoms with Gasteiger partial charge in [0.15, 0.2) is 5.58 Å². The highest BCUT2D eigenvalue weighted by Crippen LogP contribution is 2.35. The summed E-state index contributed by atoms with van der Waals surface area (Å²) in [4.78, 5) is 75.4. The van der Waals surface area contributed by atoms with E-state index in [9.17, 15) is 19.2 Å². The Morgan fingerprint density at radius 1 is 0.768 bits per heavy atom. The molecule has 15 nitrogen and oxygen atoms in total. The van der Waals surface area contributed by atoms with Gasteiger partial charge >= 0.3 is 6.09 Å². The first-order chi connectivity index (χ1) is 26.9. The van der Waals surface area contributed by atoms with Crippen molar-refractivity contribution in [3.63, 3.8) is 0 Å². The number of nitrogens with zero attached hydrogens (tertiary/aromatic N) is 5. The van der Waals surface area contributed by atoms with Gasteiger partial charge in [0.25, 0.3) is 0 Å². The highest BCUT2D eigenvalue weighted by molar-refractivity contribution is 5.88. The van der Waals surface area contributed by atoms with Gasteiger partial charge in [-0.1, -0.05) is 39.8 Å². The van der Waals surface area contributed by atoms with E-state index in [1.807, 2.05) is 75.1 Å². The van der Waals surface area contributed by atoms with Crippen molar-refractivity contribution in [1.82, 2.24) is 45.4 Å². The summed E-state index contributed by atoms with van der Waals surface area (Å²) in [5.74, 6) is 1.27. The van der Waals surface area contributed by atoms with Gasteiger partial charge in [-0.15, -0.1) is 0 Å². The van der Waals surface area contributed by atoms with Crippen LogP contribution in [-0.2, 0) is 19.1 Å². The third kappa shape index (κ3) is 7.75. The predicted octanol–water partition coefficient (Wildman–Crippen LogP) is 6.14. The van der Waals surface area contributed by atoms with Crippen LogP contribution < -0.4 is 10.6 Å². The highest BCUT2D eigenvalue weighted by Gasteiger charge is 2.38. The van der Waals surface area contributed by atoms with Crippen molar-refractivity contribution in [1.29, 1.82) is 0 Å². The van der Waals surface area contributed by atoms with Gasteiger partial charge in [-0.05, 0) is 73.4 Å². The van der Waals surface area contributed by atoms with Gasteiger partial charge in [0.05, 0.1) is 43.0 Å². The number of H-pyrrole nitrogens is 2. The largest absolute Gasteiger partial charge is 0.453 e. The molecule has 56 heavy (non-hydrogen) atoms. The van der Waals surface area contributed by atoms with Gasteiger partial charge in [0.2, 0.25) is 23.6 Å². The number of hydrogen-bond donors (Lipinski definition) is 4. The monoisotopic (exact) mass is 763 g/mol. The van der Waals surface area contributed by atoms with Crippen molar-refractivity contribution in [2.24, 2.45) is 11.8 Å². The average Bonchev–Trinajstić information content (AvgIpc) is 4.03. The molecule has 2 aromatic carbocycles. The minimum absolute atomic E-state index is 0.0391. The molecule has 0 bridgehead atoms. The molecule has 294 valence electrons. The van der Waals surface area contributed by atoms with Crippen molar-refractivity contribution in [3.05, 3.63) is 66.5 Å². The Kier molecular flexibility index (Phi) is 10.9. The summed E-state index contributed by atoms with van der Waals surface area (Å²) >= 11 is 0. The van der Waals surface area contributed by atoms with Crippen molar-refractivity contribution >= 4 is 34.9 Å². The Bertz CT molecular complexity index is 2220. The van der Waals surface area contributed by atoms with Crippen molar-refractivity contribution in [2.45, 2.75) is 84.5 Å². The molecule has 2 aliphatic heterocycles. The van der Waals surface area contributed by atoms with Crippen LogP contribution in [0.2, 0.25) is 0 Å². The molecule has 2 fully saturated rings. The van der Waals surface area contributed by atoms with E-state index in [0.29, 0.717) is 35.9 Å². The standard InChI is InChI=1S/C41H49N9O6/c1-22(2)34(44-24(5)51)39(52)49-17-7-9-31(49)36-42-20-29(45-36)25-11-13-26(14-12-25)38-47-28-19-27(15-16-33(28)56-38)30-21-43-37(46-30)32-10-8-18-50(32)40(53)35(23(3)4)48-41(54)55-6/h11-16,19-23,31-32,34-35H,7-10,17-18H2,1-6H3,(H,42,45)(H,43,46)(H,44,51)(H,48,54)/t31?,32-,34-,35-/m0/s1. The van der Waals surface area contributed by atoms with Gasteiger partial charge in [-0.25, -0.2) is 19.7 Å². The zero-order chi connectivity index (χ0) is 39.7. The van der Waals surface area contributed by atoms with Crippen LogP contribution in [0.25, 0.3) is 45.1 Å². The number of aromatic nitrogens is 5. The molecule has 2 saturated heterocycles. The fourth-order valence-corrected chi connectivity index (χ4v) is 7.73. The second-order valence-corrected chi connectivity index (χ2v) is 15.3. The number of methoxy groups -OCH3 is 1. The van der Waals surface area contributed by atoms with E-state index in [4.69, 9.17) is 14.1 Å². The van der Waals surface area contributed by atoms with Crippen LogP contribution in [0.3, 0.4) is 0 Å². The van der Waals surface area contributed by atoms with E-state index < -0.39 is 18.2 Å². The van der Waals surface area contributed by atoms with Crippen molar-refractivity contribution in [3.8, 4) is 34.0 Å². The molecule has 4 N–H and O–H groups in total. The summed E-state index contributed by atoms with van der Waals surface area (Å²) in [5.41, 5.74) is 5.57. The molecule has 4 atom stereocenters. The molecular weight excluding hydrogens is 715 g/mol. The lowest BCUT2D eigenvalue weighted by Gasteiger charge is -2.30. The second kappa shape index (κ2) is 16.0. The minimum atomic E-state index is -0.705. The van der Waals surface area contributed by atoms with Crippen molar-refractivity contribution in [2.75, 3.05) is 20.2 Å². The summed E-state index contributed by atoms with van der Waals surface area (Å²) in [6.45, 7) is 10.3. The molecule has 3 aromatic heterocycles. The summed E-state index contributed by atoms with van der Waals surface area (Å²) in [5, 5.41) is 5.51. The van der Waals surface area contributed by atoms with Gasteiger partial charge in [-0.2, -0.15) is 0 Å². The van der Waals surface area contributed by atoms with Crippen LogP contribution >= 0.6 is 0 Å². The summed E-state index contributed by atoms with van der Waals surface area (Å²) in [6.07, 6.45) is 6.16. The number of benzene rings is 2. The number of imidazole rings is 2. The number of rotatable bonds is 11. The SMILES string of the molecule is COC(=O)N[C@H](C(=O)N1CCC[C@H]1c1ncc(-c2ccc3oc(-c4ccc(-c5cnc(C6CCCN6C(=O)[C@@H](NC(C)=O)C(C)C)[nH]5)cc4)nc3c2)[nH]1)C(C)C. The number of oxazole rings is 1. The number of hydrogen-bond acceptors (Lipinski definition) is 9. The Hall–Kier alpha value is -5.99. The predicted molar refractivity (Wildman–Crippen MR) is 209 cm³/mol. The third-order valence-corrected chi connectivity index (χ3v) is 10.7. The maximum Gasteiger partial charge on any atom is 0.407 e. The lowest BCUT2D eigenvalue weighted by molar-refractivity contribution is -0.138. The zero-order valence-corrected chi connectivity index (χ0v) is 32.6. The number of alkyl carbamates (subject to hydrolysis) is 1.